The van der Waals surface area contributed by atoms with E-state index < -0.39 is 0 Å². The summed E-state index contributed by atoms with van der Waals surface area (Å²) < 4.78 is 2.05. The van der Waals surface area contributed by atoms with Crippen molar-refractivity contribution in [3.05, 3.63) is 24.3 Å². The third-order valence-corrected chi connectivity index (χ3v) is 2.28. The van der Waals surface area contributed by atoms with E-state index in [1.54, 1.807) is 12.4 Å². The standard InChI is InChI=1S/C9H10ClN3/c1-13-8-3-5-11-6-7(8)12-9(13)2-4-10/h3,5-6H,2,4H2,1H3. The second-order valence-corrected chi connectivity index (χ2v) is 3.27. The Kier molecular flexibility index (Phi) is 2.19. The summed E-state index contributed by atoms with van der Waals surface area (Å²) >= 11 is 5.67. The monoisotopic (exact) mass is 195 g/mol. The molecule has 0 radical (unpaired) electrons. The maximum atomic E-state index is 5.67. The molecule has 4 heteroatoms. The van der Waals surface area contributed by atoms with E-state index in [1.165, 1.54) is 0 Å². The molecule has 0 atom stereocenters. The van der Waals surface area contributed by atoms with E-state index in [9.17, 15) is 0 Å². The first-order valence-electron chi connectivity index (χ1n) is 4.14. The van der Waals surface area contributed by atoms with Crippen LogP contribution in [-0.4, -0.2) is 20.4 Å². The Hall–Kier alpha value is -1.09. The number of rotatable bonds is 2. The number of halogens is 1. The molecule has 0 bridgehead atoms. The van der Waals surface area contributed by atoms with Crippen molar-refractivity contribution in [2.45, 2.75) is 6.42 Å². The van der Waals surface area contributed by atoms with E-state index in [0.717, 1.165) is 23.3 Å². The summed E-state index contributed by atoms with van der Waals surface area (Å²) in [5.41, 5.74) is 2.04. The van der Waals surface area contributed by atoms with E-state index in [-0.39, 0.29) is 0 Å². The van der Waals surface area contributed by atoms with Gasteiger partial charge in [-0.2, -0.15) is 0 Å². The minimum absolute atomic E-state index is 0.602. The number of imidazole rings is 1. The molecule has 68 valence electrons. The topological polar surface area (TPSA) is 30.7 Å². The van der Waals surface area contributed by atoms with Gasteiger partial charge in [0.15, 0.2) is 0 Å². The van der Waals surface area contributed by atoms with Crippen LogP contribution in [0.5, 0.6) is 0 Å². The summed E-state index contributed by atoms with van der Waals surface area (Å²) in [6.07, 6.45) is 4.34. The smallest absolute Gasteiger partial charge is 0.110 e. The number of aromatic nitrogens is 3. The number of hydrogen-bond donors (Lipinski definition) is 0. The molecule has 0 fully saturated rings. The average molecular weight is 196 g/mol. The molecule has 2 heterocycles. The summed E-state index contributed by atoms with van der Waals surface area (Å²) in [6.45, 7) is 0. The Morgan fingerprint density at radius 3 is 3.08 bits per heavy atom. The number of alkyl halides is 1. The predicted octanol–water partition coefficient (Wildman–Crippen LogP) is 1.75. The molecule has 0 saturated carbocycles. The Morgan fingerprint density at radius 2 is 2.38 bits per heavy atom. The highest BCUT2D eigenvalue weighted by Gasteiger charge is 2.05. The average Bonchev–Trinajstić information content (AvgIpc) is 2.46. The molecule has 0 unspecified atom stereocenters. The summed E-state index contributed by atoms with van der Waals surface area (Å²) in [7, 11) is 2.00. The fourth-order valence-corrected chi connectivity index (χ4v) is 1.58. The van der Waals surface area contributed by atoms with Crippen LogP contribution in [0.15, 0.2) is 18.5 Å². The molecule has 0 aliphatic carbocycles. The molecule has 0 saturated heterocycles. The van der Waals surface area contributed by atoms with Gasteiger partial charge in [0, 0.05) is 25.5 Å². The van der Waals surface area contributed by atoms with E-state index in [1.807, 2.05) is 13.1 Å². The van der Waals surface area contributed by atoms with E-state index in [4.69, 9.17) is 11.6 Å². The molecule has 0 aliphatic rings. The fourth-order valence-electron chi connectivity index (χ4n) is 1.41. The Morgan fingerprint density at radius 1 is 1.54 bits per heavy atom. The van der Waals surface area contributed by atoms with Crippen LogP contribution in [0.25, 0.3) is 11.0 Å². The largest absolute Gasteiger partial charge is 0.331 e. The lowest BCUT2D eigenvalue weighted by molar-refractivity contribution is 0.831. The number of aryl methyl sites for hydroxylation is 2. The minimum atomic E-state index is 0.602. The molecule has 0 amide bonds. The number of hydrogen-bond acceptors (Lipinski definition) is 2. The van der Waals surface area contributed by atoms with E-state index >= 15 is 0 Å². The van der Waals surface area contributed by atoms with Crippen molar-refractivity contribution in [2.75, 3.05) is 5.88 Å². The van der Waals surface area contributed by atoms with Crippen LogP contribution < -0.4 is 0 Å². The van der Waals surface area contributed by atoms with Gasteiger partial charge in [0.2, 0.25) is 0 Å². The molecule has 0 aromatic carbocycles. The molecule has 13 heavy (non-hydrogen) atoms. The first-order chi connectivity index (χ1) is 6.33. The van der Waals surface area contributed by atoms with Gasteiger partial charge >= 0.3 is 0 Å². The van der Waals surface area contributed by atoms with E-state index in [2.05, 4.69) is 14.5 Å². The van der Waals surface area contributed by atoms with Crippen molar-refractivity contribution >= 4 is 22.6 Å². The van der Waals surface area contributed by atoms with Crippen LogP contribution in [0.2, 0.25) is 0 Å². The Labute approximate surface area is 81.4 Å². The van der Waals surface area contributed by atoms with Crippen molar-refractivity contribution in [3.63, 3.8) is 0 Å². The van der Waals surface area contributed by atoms with Crippen LogP contribution in [0.1, 0.15) is 5.82 Å². The van der Waals surface area contributed by atoms with Gasteiger partial charge in [0.25, 0.3) is 0 Å². The normalized spacial score (nSPS) is 10.9. The summed E-state index contributed by atoms with van der Waals surface area (Å²) in [5.74, 6) is 1.61. The lowest BCUT2D eigenvalue weighted by Gasteiger charge is -1.97. The lowest BCUT2D eigenvalue weighted by atomic mass is 10.4. The van der Waals surface area contributed by atoms with Gasteiger partial charge in [-0.3, -0.25) is 4.98 Å². The van der Waals surface area contributed by atoms with Gasteiger partial charge in [-0.15, -0.1) is 11.6 Å². The highest BCUT2D eigenvalue weighted by molar-refractivity contribution is 6.17. The van der Waals surface area contributed by atoms with Gasteiger partial charge in [-0.05, 0) is 6.07 Å². The summed E-state index contributed by atoms with van der Waals surface area (Å²) in [4.78, 5) is 8.44. The van der Waals surface area contributed by atoms with Crippen molar-refractivity contribution in [3.8, 4) is 0 Å². The first-order valence-corrected chi connectivity index (χ1v) is 4.67. The van der Waals surface area contributed by atoms with Crippen LogP contribution >= 0.6 is 11.6 Å². The molecule has 3 nitrogen and oxygen atoms in total. The zero-order chi connectivity index (χ0) is 9.26. The zero-order valence-electron chi connectivity index (χ0n) is 7.37. The Bertz CT molecular complexity index is 422. The van der Waals surface area contributed by atoms with Crippen LogP contribution in [0, 0.1) is 0 Å². The highest BCUT2D eigenvalue weighted by Crippen LogP contribution is 2.13. The first kappa shape index (κ1) is 8.51. The van der Waals surface area contributed by atoms with Gasteiger partial charge < -0.3 is 4.57 Å². The van der Waals surface area contributed by atoms with Crippen molar-refractivity contribution in [1.29, 1.82) is 0 Å². The third-order valence-electron chi connectivity index (χ3n) is 2.09. The molecule has 2 aromatic rings. The molecular formula is C9H10ClN3. The maximum Gasteiger partial charge on any atom is 0.110 e. The quantitative estimate of drug-likeness (QED) is 0.684. The van der Waals surface area contributed by atoms with Gasteiger partial charge in [-0.25, -0.2) is 4.98 Å². The number of fused-ring (bicyclic) bond motifs is 1. The molecule has 0 spiro atoms. The van der Waals surface area contributed by atoms with E-state index in [0.29, 0.717) is 5.88 Å². The fraction of sp³-hybridized carbons (Fsp3) is 0.333. The number of nitrogens with zero attached hydrogens (tertiary/aromatic N) is 3. The molecule has 0 aliphatic heterocycles. The zero-order valence-corrected chi connectivity index (χ0v) is 8.12. The van der Waals surface area contributed by atoms with Crippen molar-refractivity contribution in [1.82, 2.24) is 14.5 Å². The second kappa shape index (κ2) is 3.34. The van der Waals surface area contributed by atoms with Gasteiger partial charge in [0.1, 0.15) is 11.3 Å². The molecule has 2 rings (SSSR count). The minimum Gasteiger partial charge on any atom is -0.331 e. The highest BCUT2D eigenvalue weighted by atomic mass is 35.5. The molecular weight excluding hydrogens is 186 g/mol. The lowest BCUT2D eigenvalue weighted by Crippen LogP contribution is -1.98. The third kappa shape index (κ3) is 1.40. The number of pyridine rings is 1. The summed E-state index contributed by atoms with van der Waals surface area (Å²) in [6, 6.07) is 1.96. The Balaban J connectivity index is 2.60. The van der Waals surface area contributed by atoms with Crippen LogP contribution in [0.4, 0.5) is 0 Å². The second-order valence-electron chi connectivity index (χ2n) is 2.89. The maximum absolute atomic E-state index is 5.67. The van der Waals surface area contributed by atoms with Crippen molar-refractivity contribution in [2.24, 2.45) is 7.05 Å². The van der Waals surface area contributed by atoms with Crippen LogP contribution in [-0.2, 0) is 13.5 Å². The van der Waals surface area contributed by atoms with Gasteiger partial charge in [-0.1, -0.05) is 0 Å². The van der Waals surface area contributed by atoms with Gasteiger partial charge in [0.05, 0.1) is 11.7 Å². The van der Waals surface area contributed by atoms with Crippen LogP contribution in [0.3, 0.4) is 0 Å². The summed E-state index contributed by atoms with van der Waals surface area (Å²) in [5, 5.41) is 0. The molecule has 0 N–H and O–H groups in total. The SMILES string of the molecule is Cn1c(CCCl)nc2cnccc21. The predicted molar refractivity (Wildman–Crippen MR) is 52.9 cm³/mol. The molecule has 2 aromatic heterocycles. The van der Waals surface area contributed by atoms with Crippen molar-refractivity contribution < 1.29 is 0 Å².